The van der Waals surface area contributed by atoms with Gasteiger partial charge in [0.05, 0.1) is 0 Å². The van der Waals surface area contributed by atoms with Crippen LogP contribution in [0.2, 0.25) is 0 Å². The molecular formula is C12H23ClN2O2. The molecule has 3 N–H and O–H groups in total. The fourth-order valence-electron chi connectivity index (χ4n) is 2.90. The number of hydrogen-bond donors (Lipinski definition) is 2. The molecule has 0 radical (unpaired) electrons. The molecule has 2 saturated carbocycles. The number of ether oxygens (including phenoxy) is 1. The van der Waals surface area contributed by atoms with Crippen LogP contribution in [-0.4, -0.2) is 23.8 Å². The van der Waals surface area contributed by atoms with Gasteiger partial charge in [-0.1, -0.05) is 0 Å². The highest BCUT2D eigenvalue weighted by Crippen LogP contribution is 2.46. The average molecular weight is 263 g/mol. The number of hydrogen-bond acceptors (Lipinski definition) is 3. The molecule has 2 aliphatic rings. The summed E-state index contributed by atoms with van der Waals surface area (Å²) in [7, 11) is 0. The van der Waals surface area contributed by atoms with Gasteiger partial charge in [0, 0.05) is 12.1 Å². The molecule has 2 fully saturated rings. The van der Waals surface area contributed by atoms with E-state index < -0.39 is 5.60 Å². The molecule has 1 unspecified atom stereocenters. The quantitative estimate of drug-likeness (QED) is 0.760. The molecule has 0 aromatic carbocycles. The third-order valence-electron chi connectivity index (χ3n) is 3.56. The lowest BCUT2D eigenvalue weighted by Gasteiger charge is -2.40. The number of halogens is 1. The molecular weight excluding hydrogens is 240 g/mol. The Kier molecular flexibility index (Phi) is 4.31. The number of amides is 1. The molecule has 0 bridgehead atoms. The fourth-order valence-corrected chi connectivity index (χ4v) is 2.90. The smallest absolute Gasteiger partial charge is 0.407 e. The second-order valence-electron chi connectivity index (χ2n) is 6.14. The van der Waals surface area contributed by atoms with E-state index in [0.29, 0.717) is 12.0 Å². The predicted molar refractivity (Wildman–Crippen MR) is 69.2 cm³/mol. The standard InChI is InChI=1S/C12H22N2O2.ClH/c1-12(2,3)16-11(15)14-10-5-7-4-8(13)6-9(7)10;/h7-10H,4-6,13H2,1-3H3,(H,14,15);1H/t7-,8?,9-,10+;/m0./s1. The van der Waals surface area contributed by atoms with Crippen LogP contribution in [0.3, 0.4) is 0 Å². The van der Waals surface area contributed by atoms with Gasteiger partial charge < -0.3 is 15.8 Å². The van der Waals surface area contributed by atoms with Crippen LogP contribution in [0.1, 0.15) is 40.0 Å². The topological polar surface area (TPSA) is 64.3 Å². The molecule has 1 amide bonds. The Morgan fingerprint density at radius 1 is 1.29 bits per heavy atom. The zero-order valence-corrected chi connectivity index (χ0v) is 11.5. The van der Waals surface area contributed by atoms with Crippen LogP contribution in [0.4, 0.5) is 4.79 Å². The lowest BCUT2D eigenvalue weighted by molar-refractivity contribution is 0.0385. The maximum atomic E-state index is 11.6. The highest BCUT2D eigenvalue weighted by atomic mass is 35.5. The SMILES string of the molecule is CC(C)(C)OC(=O)N[C@@H]1C[C@@H]2CC(N)C[C@@H]21.Cl. The summed E-state index contributed by atoms with van der Waals surface area (Å²) in [6.07, 6.45) is 2.94. The molecule has 0 aromatic rings. The third kappa shape index (κ3) is 3.49. The van der Waals surface area contributed by atoms with Crippen molar-refractivity contribution in [2.75, 3.05) is 0 Å². The lowest BCUT2D eigenvalue weighted by Crippen LogP contribution is -2.51. The zero-order chi connectivity index (χ0) is 11.9. The summed E-state index contributed by atoms with van der Waals surface area (Å²) in [5, 5.41) is 2.95. The van der Waals surface area contributed by atoms with Gasteiger partial charge in [-0.05, 0) is 51.9 Å². The highest BCUT2D eigenvalue weighted by molar-refractivity contribution is 5.85. The van der Waals surface area contributed by atoms with Crippen molar-refractivity contribution in [1.82, 2.24) is 5.32 Å². The molecule has 2 aliphatic carbocycles. The summed E-state index contributed by atoms with van der Waals surface area (Å²) in [4.78, 5) is 11.6. The molecule has 2 rings (SSSR count). The number of nitrogens with two attached hydrogens (primary N) is 1. The molecule has 0 heterocycles. The number of fused-ring (bicyclic) bond motifs is 1. The van der Waals surface area contributed by atoms with Crippen molar-refractivity contribution in [1.29, 1.82) is 0 Å². The van der Waals surface area contributed by atoms with Crippen molar-refractivity contribution in [3.63, 3.8) is 0 Å². The van der Waals surface area contributed by atoms with Gasteiger partial charge in [0.15, 0.2) is 0 Å². The first-order valence-electron chi connectivity index (χ1n) is 6.10. The van der Waals surface area contributed by atoms with Gasteiger partial charge >= 0.3 is 6.09 Å². The van der Waals surface area contributed by atoms with Crippen LogP contribution < -0.4 is 11.1 Å². The lowest BCUT2D eigenvalue weighted by atomic mass is 9.71. The maximum absolute atomic E-state index is 11.6. The van der Waals surface area contributed by atoms with Crippen molar-refractivity contribution in [3.05, 3.63) is 0 Å². The van der Waals surface area contributed by atoms with Gasteiger partial charge in [-0.25, -0.2) is 4.79 Å². The fraction of sp³-hybridized carbons (Fsp3) is 0.917. The Hall–Kier alpha value is -0.480. The van der Waals surface area contributed by atoms with Crippen LogP contribution >= 0.6 is 12.4 Å². The predicted octanol–water partition coefficient (Wildman–Crippen LogP) is 2.06. The molecule has 0 aromatic heterocycles. The highest BCUT2D eigenvalue weighted by Gasteiger charge is 2.47. The first kappa shape index (κ1) is 14.6. The number of alkyl carbamates (subject to hydrolysis) is 1. The number of carbonyl (C=O) groups excluding carboxylic acids is 1. The van der Waals surface area contributed by atoms with E-state index in [1.807, 2.05) is 20.8 Å². The van der Waals surface area contributed by atoms with Gasteiger partial charge in [-0.2, -0.15) is 0 Å². The summed E-state index contributed by atoms with van der Waals surface area (Å²) in [6.45, 7) is 5.63. The normalized spacial score (nSPS) is 35.3. The van der Waals surface area contributed by atoms with E-state index in [4.69, 9.17) is 10.5 Å². The molecule has 100 valence electrons. The Labute approximate surface area is 109 Å². The summed E-state index contributed by atoms with van der Waals surface area (Å²) in [5.74, 6) is 1.32. The van der Waals surface area contributed by atoms with Crippen LogP contribution in [0.15, 0.2) is 0 Å². The van der Waals surface area contributed by atoms with E-state index in [-0.39, 0.29) is 24.5 Å². The molecule has 0 saturated heterocycles. The van der Waals surface area contributed by atoms with Crippen molar-refractivity contribution < 1.29 is 9.53 Å². The second-order valence-corrected chi connectivity index (χ2v) is 6.14. The van der Waals surface area contributed by atoms with E-state index in [1.165, 1.54) is 0 Å². The third-order valence-corrected chi connectivity index (χ3v) is 3.56. The van der Waals surface area contributed by atoms with Crippen molar-refractivity contribution >= 4 is 18.5 Å². The van der Waals surface area contributed by atoms with E-state index in [2.05, 4.69) is 5.32 Å². The summed E-state index contributed by atoms with van der Waals surface area (Å²) >= 11 is 0. The molecule has 17 heavy (non-hydrogen) atoms. The first-order valence-corrected chi connectivity index (χ1v) is 6.10. The summed E-state index contributed by atoms with van der Waals surface area (Å²) in [5.41, 5.74) is 5.49. The van der Waals surface area contributed by atoms with Crippen molar-refractivity contribution in [2.24, 2.45) is 17.6 Å². The monoisotopic (exact) mass is 262 g/mol. The van der Waals surface area contributed by atoms with Crippen molar-refractivity contribution in [2.45, 2.75) is 57.7 Å². The minimum Gasteiger partial charge on any atom is -0.444 e. The van der Waals surface area contributed by atoms with Crippen molar-refractivity contribution in [3.8, 4) is 0 Å². The van der Waals surface area contributed by atoms with Crippen LogP contribution in [0.5, 0.6) is 0 Å². The second kappa shape index (κ2) is 5.02. The maximum Gasteiger partial charge on any atom is 0.407 e. The summed E-state index contributed by atoms with van der Waals surface area (Å²) < 4.78 is 5.24. The summed E-state index contributed by atoms with van der Waals surface area (Å²) in [6, 6.07) is 0.619. The van der Waals surface area contributed by atoms with Gasteiger partial charge in [-0.15, -0.1) is 12.4 Å². The minimum absolute atomic E-state index is 0. The van der Waals surface area contributed by atoms with E-state index in [1.54, 1.807) is 0 Å². The Bertz CT molecular complexity index is 291. The number of carbonyl (C=O) groups is 1. The molecule has 0 spiro atoms. The van der Waals surface area contributed by atoms with Crippen LogP contribution in [-0.2, 0) is 4.74 Å². The Balaban J connectivity index is 0.00000144. The van der Waals surface area contributed by atoms with E-state index in [0.717, 1.165) is 25.2 Å². The largest absolute Gasteiger partial charge is 0.444 e. The Morgan fingerprint density at radius 2 is 1.94 bits per heavy atom. The minimum atomic E-state index is -0.417. The number of nitrogens with one attached hydrogen (secondary N) is 1. The van der Waals surface area contributed by atoms with Crippen LogP contribution in [0.25, 0.3) is 0 Å². The van der Waals surface area contributed by atoms with Gasteiger partial charge in [0.25, 0.3) is 0 Å². The van der Waals surface area contributed by atoms with Gasteiger partial charge in [0.1, 0.15) is 5.60 Å². The zero-order valence-electron chi connectivity index (χ0n) is 10.7. The number of rotatable bonds is 1. The molecule has 4 nitrogen and oxygen atoms in total. The first-order chi connectivity index (χ1) is 7.35. The average Bonchev–Trinajstić information content (AvgIpc) is 2.36. The van der Waals surface area contributed by atoms with Crippen LogP contribution in [0, 0.1) is 11.8 Å². The molecule has 5 heteroatoms. The molecule has 4 atom stereocenters. The van der Waals surface area contributed by atoms with E-state index in [9.17, 15) is 4.79 Å². The molecule has 0 aliphatic heterocycles. The van der Waals surface area contributed by atoms with Gasteiger partial charge in [-0.3, -0.25) is 0 Å². The Morgan fingerprint density at radius 3 is 2.47 bits per heavy atom. The van der Waals surface area contributed by atoms with Gasteiger partial charge in [0.2, 0.25) is 0 Å². The van der Waals surface area contributed by atoms with E-state index >= 15 is 0 Å².